The highest BCUT2D eigenvalue weighted by Gasteiger charge is 2.30. The SMILES string of the molecule is O/C(=C/c1cc(Cl)ncn1)c1ccc(C(F)(F)F)cc1. The fourth-order valence-electron chi connectivity index (χ4n) is 1.48. The summed E-state index contributed by atoms with van der Waals surface area (Å²) < 4.78 is 37.2. The van der Waals surface area contributed by atoms with Crippen molar-refractivity contribution in [2.45, 2.75) is 6.18 Å². The maximum atomic E-state index is 12.4. The predicted molar refractivity (Wildman–Crippen MR) is 69.0 cm³/mol. The van der Waals surface area contributed by atoms with Crippen LogP contribution in [0, 0.1) is 0 Å². The molecular formula is C13H8ClF3N2O. The van der Waals surface area contributed by atoms with Gasteiger partial charge in [0, 0.05) is 17.7 Å². The quantitative estimate of drug-likeness (QED) is 0.667. The topological polar surface area (TPSA) is 46.0 Å². The van der Waals surface area contributed by atoms with E-state index < -0.39 is 11.7 Å². The fourth-order valence-corrected chi connectivity index (χ4v) is 1.64. The zero-order chi connectivity index (χ0) is 14.8. The van der Waals surface area contributed by atoms with Crippen molar-refractivity contribution in [3.63, 3.8) is 0 Å². The van der Waals surface area contributed by atoms with Gasteiger partial charge in [0.15, 0.2) is 0 Å². The number of benzene rings is 1. The van der Waals surface area contributed by atoms with Gasteiger partial charge in [0.1, 0.15) is 17.2 Å². The van der Waals surface area contributed by atoms with E-state index in [2.05, 4.69) is 9.97 Å². The smallest absolute Gasteiger partial charge is 0.416 e. The third kappa shape index (κ3) is 3.48. The highest BCUT2D eigenvalue weighted by Crippen LogP contribution is 2.30. The molecule has 2 rings (SSSR count). The minimum Gasteiger partial charge on any atom is -0.507 e. The molecule has 0 aliphatic carbocycles. The van der Waals surface area contributed by atoms with E-state index in [0.29, 0.717) is 5.69 Å². The summed E-state index contributed by atoms with van der Waals surface area (Å²) in [6.45, 7) is 0. The van der Waals surface area contributed by atoms with E-state index in [0.717, 1.165) is 12.1 Å². The first kappa shape index (κ1) is 14.3. The molecule has 0 unspecified atom stereocenters. The normalized spacial score (nSPS) is 12.5. The van der Waals surface area contributed by atoms with Crippen LogP contribution in [0.5, 0.6) is 0 Å². The van der Waals surface area contributed by atoms with Crippen molar-refractivity contribution < 1.29 is 18.3 Å². The van der Waals surface area contributed by atoms with Gasteiger partial charge in [0.05, 0.1) is 11.3 Å². The Labute approximate surface area is 117 Å². The highest BCUT2D eigenvalue weighted by atomic mass is 35.5. The summed E-state index contributed by atoms with van der Waals surface area (Å²) in [5.74, 6) is -0.214. The largest absolute Gasteiger partial charge is 0.507 e. The molecule has 0 saturated heterocycles. The molecule has 20 heavy (non-hydrogen) atoms. The Morgan fingerprint density at radius 2 is 1.80 bits per heavy atom. The van der Waals surface area contributed by atoms with Crippen LogP contribution in [0.15, 0.2) is 36.7 Å². The molecule has 2 aromatic rings. The Balaban J connectivity index is 2.27. The predicted octanol–water partition coefficient (Wildman–Crippen LogP) is 4.20. The first-order valence-electron chi connectivity index (χ1n) is 5.42. The summed E-state index contributed by atoms with van der Waals surface area (Å²) in [5.41, 5.74) is -0.186. The molecule has 1 aromatic carbocycles. The van der Waals surface area contributed by atoms with Crippen LogP contribution >= 0.6 is 11.6 Å². The first-order chi connectivity index (χ1) is 9.36. The van der Waals surface area contributed by atoms with Crippen molar-refractivity contribution in [3.8, 4) is 0 Å². The Hall–Kier alpha value is -2.08. The minimum atomic E-state index is -4.40. The average Bonchev–Trinajstić information content (AvgIpc) is 2.38. The monoisotopic (exact) mass is 300 g/mol. The molecule has 1 heterocycles. The Kier molecular flexibility index (Phi) is 3.94. The maximum absolute atomic E-state index is 12.4. The molecule has 0 aliphatic rings. The van der Waals surface area contributed by atoms with Crippen LogP contribution < -0.4 is 0 Å². The van der Waals surface area contributed by atoms with Crippen LogP contribution in [-0.4, -0.2) is 15.1 Å². The second kappa shape index (κ2) is 5.50. The fraction of sp³-hybridized carbons (Fsp3) is 0.0769. The third-order valence-electron chi connectivity index (χ3n) is 2.45. The van der Waals surface area contributed by atoms with Crippen LogP contribution in [0.25, 0.3) is 11.8 Å². The number of hydrogen-bond donors (Lipinski definition) is 1. The van der Waals surface area contributed by atoms with Crippen molar-refractivity contribution >= 4 is 23.4 Å². The number of alkyl halides is 3. The molecule has 0 saturated carbocycles. The van der Waals surface area contributed by atoms with E-state index in [4.69, 9.17) is 11.6 Å². The second-order valence-corrected chi connectivity index (χ2v) is 4.26. The summed E-state index contributed by atoms with van der Waals surface area (Å²) in [6, 6.07) is 5.56. The van der Waals surface area contributed by atoms with Gasteiger partial charge in [-0.15, -0.1) is 0 Å². The highest BCUT2D eigenvalue weighted by molar-refractivity contribution is 6.29. The van der Waals surface area contributed by atoms with Gasteiger partial charge < -0.3 is 5.11 Å². The van der Waals surface area contributed by atoms with E-state index >= 15 is 0 Å². The average molecular weight is 301 g/mol. The third-order valence-corrected chi connectivity index (χ3v) is 2.65. The zero-order valence-electron chi connectivity index (χ0n) is 9.89. The molecule has 0 fully saturated rings. The van der Waals surface area contributed by atoms with E-state index in [1.165, 1.54) is 30.6 Å². The molecule has 104 valence electrons. The second-order valence-electron chi connectivity index (χ2n) is 3.87. The van der Waals surface area contributed by atoms with Gasteiger partial charge in [-0.05, 0) is 12.1 Å². The lowest BCUT2D eigenvalue weighted by Crippen LogP contribution is -2.04. The summed E-state index contributed by atoms with van der Waals surface area (Å²) in [5, 5.41) is 10.0. The van der Waals surface area contributed by atoms with Gasteiger partial charge in [0.25, 0.3) is 0 Å². The molecular weight excluding hydrogens is 293 g/mol. The Morgan fingerprint density at radius 1 is 1.15 bits per heavy atom. The van der Waals surface area contributed by atoms with Crippen molar-refractivity contribution in [2.75, 3.05) is 0 Å². The summed E-state index contributed by atoms with van der Waals surface area (Å²) >= 11 is 5.66. The molecule has 3 nitrogen and oxygen atoms in total. The van der Waals surface area contributed by atoms with E-state index in [1.807, 2.05) is 0 Å². The lowest BCUT2D eigenvalue weighted by atomic mass is 10.1. The van der Waals surface area contributed by atoms with Crippen molar-refractivity contribution in [2.24, 2.45) is 0 Å². The van der Waals surface area contributed by atoms with Crippen LogP contribution in [0.4, 0.5) is 13.2 Å². The summed E-state index contributed by atoms with van der Waals surface area (Å²) in [6.07, 6.45) is -1.90. The molecule has 0 amide bonds. The number of rotatable bonds is 2. The van der Waals surface area contributed by atoms with Gasteiger partial charge in [-0.1, -0.05) is 23.7 Å². The number of nitrogens with zero attached hydrogens (tertiary/aromatic N) is 2. The number of hydrogen-bond acceptors (Lipinski definition) is 3. The summed E-state index contributed by atoms with van der Waals surface area (Å²) in [7, 11) is 0. The van der Waals surface area contributed by atoms with Crippen LogP contribution in [0.3, 0.4) is 0 Å². The van der Waals surface area contributed by atoms with Crippen LogP contribution in [-0.2, 0) is 6.18 Å². The van der Waals surface area contributed by atoms with E-state index in [-0.39, 0.29) is 16.5 Å². The number of aliphatic hydroxyl groups is 1. The molecule has 0 aliphatic heterocycles. The Bertz CT molecular complexity index is 639. The number of aromatic nitrogens is 2. The number of halogens is 4. The lowest BCUT2D eigenvalue weighted by molar-refractivity contribution is -0.137. The van der Waals surface area contributed by atoms with Gasteiger partial charge in [-0.2, -0.15) is 13.2 Å². The molecule has 0 atom stereocenters. The van der Waals surface area contributed by atoms with Crippen molar-refractivity contribution in [1.82, 2.24) is 9.97 Å². The molecule has 1 N–H and O–H groups in total. The van der Waals surface area contributed by atoms with Crippen LogP contribution in [0.1, 0.15) is 16.8 Å². The minimum absolute atomic E-state index is 0.200. The van der Waals surface area contributed by atoms with Gasteiger partial charge in [-0.3, -0.25) is 0 Å². The van der Waals surface area contributed by atoms with Crippen molar-refractivity contribution in [3.05, 3.63) is 58.6 Å². The van der Waals surface area contributed by atoms with Crippen molar-refractivity contribution in [1.29, 1.82) is 0 Å². The first-order valence-corrected chi connectivity index (χ1v) is 5.80. The lowest BCUT2D eigenvalue weighted by Gasteiger charge is -2.07. The van der Waals surface area contributed by atoms with Gasteiger partial charge in [-0.25, -0.2) is 9.97 Å². The van der Waals surface area contributed by atoms with E-state index in [1.54, 1.807) is 0 Å². The van der Waals surface area contributed by atoms with Crippen LogP contribution in [0.2, 0.25) is 5.15 Å². The molecule has 0 bridgehead atoms. The Morgan fingerprint density at radius 3 is 2.35 bits per heavy atom. The van der Waals surface area contributed by atoms with Gasteiger partial charge in [0.2, 0.25) is 0 Å². The zero-order valence-corrected chi connectivity index (χ0v) is 10.7. The summed E-state index contributed by atoms with van der Waals surface area (Å²) in [4.78, 5) is 7.53. The number of aliphatic hydroxyl groups excluding tert-OH is 1. The molecule has 0 spiro atoms. The molecule has 1 aromatic heterocycles. The molecule has 0 radical (unpaired) electrons. The maximum Gasteiger partial charge on any atom is 0.416 e. The standard InChI is InChI=1S/C13H8ClF3N2O/c14-12-6-10(18-7-19-12)5-11(20)8-1-3-9(4-2-8)13(15,16)17/h1-7,20H/b11-5+. The van der Waals surface area contributed by atoms with Gasteiger partial charge >= 0.3 is 6.18 Å². The van der Waals surface area contributed by atoms with E-state index in [9.17, 15) is 18.3 Å². The molecule has 7 heteroatoms.